The van der Waals surface area contributed by atoms with E-state index in [1.165, 1.54) is 6.42 Å². The number of sulfonamides is 1. The number of amides is 1. The second-order valence-electron chi connectivity index (χ2n) is 9.67. The second-order valence-corrected chi connectivity index (χ2v) is 11.6. The largest absolute Gasteiger partial charge is 0.451 e. The zero-order valence-corrected chi connectivity index (χ0v) is 21.6. The number of nitrogens with one attached hydrogen (secondary N) is 1. The van der Waals surface area contributed by atoms with Crippen LogP contribution in [0.3, 0.4) is 0 Å². The van der Waals surface area contributed by atoms with Gasteiger partial charge in [-0.25, -0.2) is 8.42 Å². The van der Waals surface area contributed by atoms with Crippen LogP contribution >= 0.6 is 0 Å². The highest BCUT2D eigenvalue weighted by atomic mass is 32.2. The van der Waals surface area contributed by atoms with Crippen molar-refractivity contribution in [2.45, 2.75) is 90.5 Å². The first kappa shape index (κ1) is 25.8. The molecule has 0 unspecified atom stereocenters. The number of carbonyl (C=O) groups excluding carboxylic acids is 1. The third-order valence-corrected chi connectivity index (χ3v) is 9.19. The van der Waals surface area contributed by atoms with E-state index < -0.39 is 10.0 Å². The number of furan rings is 1. The number of nitrogens with zero attached hydrogens (tertiary/aromatic N) is 1. The maximum absolute atomic E-state index is 13.4. The van der Waals surface area contributed by atoms with E-state index in [9.17, 15) is 13.2 Å². The molecule has 1 aromatic carbocycles. The van der Waals surface area contributed by atoms with Crippen LogP contribution in [0.15, 0.2) is 27.5 Å². The number of hydrogen-bond donors (Lipinski definition) is 1. The zero-order chi connectivity index (χ0) is 24.2. The van der Waals surface area contributed by atoms with E-state index in [0.29, 0.717) is 41.5 Å². The van der Waals surface area contributed by atoms with Crippen LogP contribution in [0.2, 0.25) is 0 Å². The van der Waals surface area contributed by atoms with Crippen LogP contribution in [0.4, 0.5) is 0 Å². The van der Waals surface area contributed by atoms with Crippen molar-refractivity contribution in [1.82, 2.24) is 9.62 Å². The number of unbranched alkanes of at least 4 members (excludes halogenated alkanes) is 2. The van der Waals surface area contributed by atoms with Crippen LogP contribution in [0.25, 0.3) is 11.0 Å². The summed E-state index contributed by atoms with van der Waals surface area (Å²) in [6.45, 7) is 11.4. The van der Waals surface area contributed by atoms with Crippen LogP contribution in [-0.4, -0.2) is 37.8 Å². The molecule has 6 nitrogen and oxygen atoms in total. The molecule has 1 heterocycles. The number of benzene rings is 1. The Hall–Kier alpha value is -1.86. The van der Waals surface area contributed by atoms with Crippen molar-refractivity contribution in [3.8, 4) is 0 Å². The molecule has 0 bridgehead atoms. The Kier molecular flexibility index (Phi) is 8.62. The molecule has 1 aromatic heterocycles. The lowest BCUT2D eigenvalue weighted by Crippen LogP contribution is -2.43. The summed E-state index contributed by atoms with van der Waals surface area (Å²) in [5.74, 6) is 1.06. The number of carbonyl (C=O) groups is 1. The zero-order valence-electron chi connectivity index (χ0n) is 20.8. The van der Waals surface area contributed by atoms with E-state index in [1.807, 2.05) is 6.92 Å². The molecule has 1 amide bonds. The minimum absolute atomic E-state index is 0.135. The van der Waals surface area contributed by atoms with Crippen molar-refractivity contribution in [2.75, 3.05) is 13.1 Å². The Bertz CT molecular complexity index is 1050. The number of fused-ring (bicyclic) bond motifs is 1. The summed E-state index contributed by atoms with van der Waals surface area (Å²) in [5, 5.41) is 3.85. The summed E-state index contributed by atoms with van der Waals surface area (Å²) in [7, 11) is -3.61. The van der Waals surface area contributed by atoms with E-state index in [2.05, 4.69) is 33.0 Å². The summed E-state index contributed by atoms with van der Waals surface area (Å²) in [6.07, 6.45) is 6.83. The van der Waals surface area contributed by atoms with Gasteiger partial charge in [-0.15, -0.1) is 0 Å². The lowest BCUT2D eigenvalue weighted by atomic mass is 9.78. The summed E-state index contributed by atoms with van der Waals surface area (Å²) in [5.41, 5.74) is 1.22. The third kappa shape index (κ3) is 5.62. The fourth-order valence-corrected chi connectivity index (χ4v) is 6.31. The van der Waals surface area contributed by atoms with Crippen LogP contribution in [0.1, 0.15) is 88.8 Å². The molecule has 2 aromatic rings. The molecule has 7 heteroatoms. The molecular weight excluding hydrogens is 436 g/mol. The lowest BCUT2D eigenvalue weighted by Gasteiger charge is -2.34. The smallest absolute Gasteiger partial charge is 0.287 e. The topological polar surface area (TPSA) is 79.6 Å². The highest BCUT2D eigenvalue weighted by Crippen LogP contribution is 2.32. The first-order valence-corrected chi connectivity index (χ1v) is 14.0. The highest BCUT2D eigenvalue weighted by molar-refractivity contribution is 7.89. The third-order valence-electron chi connectivity index (χ3n) is 7.30. The average molecular weight is 477 g/mol. The molecule has 0 saturated heterocycles. The average Bonchev–Trinajstić information content (AvgIpc) is 3.13. The van der Waals surface area contributed by atoms with Gasteiger partial charge >= 0.3 is 0 Å². The van der Waals surface area contributed by atoms with E-state index >= 15 is 0 Å². The molecule has 0 spiro atoms. The van der Waals surface area contributed by atoms with Gasteiger partial charge in [0.15, 0.2) is 5.76 Å². The van der Waals surface area contributed by atoms with Crippen LogP contribution in [0.5, 0.6) is 0 Å². The molecule has 184 valence electrons. The van der Waals surface area contributed by atoms with Crippen LogP contribution < -0.4 is 5.32 Å². The van der Waals surface area contributed by atoms with Gasteiger partial charge in [0.1, 0.15) is 5.58 Å². The first-order chi connectivity index (χ1) is 15.7. The molecule has 1 fully saturated rings. The monoisotopic (exact) mass is 476 g/mol. The Morgan fingerprint density at radius 1 is 1.12 bits per heavy atom. The minimum Gasteiger partial charge on any atom is -0.451 e. The van der Waals surface area contributed by atoms with Crippen molar-refractivity contribution in [2.24, 2.45) is 11.8 Å². The van der Waals surface area contributed by atoms with Crippen molar-refractivity contribution >= 4 is 26.9 Å². The van der Waals surface area contributed by atoms with Crippen molar-refractivity contribution in [3.63, 3.8) is 0 Å². The van der Waals surface area contributed by atoms with Crippen LogP contribution in [-0.2, 0) is 10.0 Å². The van der Waals surface area contributed by atoms with Gasteiger partial charge in [-0.3, -0.25) is 4.79 Å². The highest BCUT2D eigenvalue weighted by Gasteiger charge is 2.30. The SMILES string of the molecule is CCCCN(CCCC)S(=O)(=O)c1ccc2oc(C(=O)N[C@@H]3CCC[C@@H](C)[C@H]3C)c(C)c2c1. The molecule has 1 aliphatic carbocycles. The first-order valence-electron chi connectivity index (χ1n) is 12.5. The molecule has 1 N–H and O–H groups in total. The summed E-state index contributed by atoms with van der Waals surface area (Å²) >= 11 is 0. The number of hydrogen-bond acceptors (Lipinski definition) is 4. The quantitative estimate of drug-likeness (QED) is 0.464. The minimum atomic E-state index is -3.61. The van der Waals surface area contributed by atoms with Crippen molar-refractivity contribution in [3.05, 3.63) is 29.5 Å². The Labute approximate surface area is 199 Å². The van der Waals surface area contributed by atoms with Gasteiger partial charge in [-0.05, 0) is 56.2 Å². The molecule has 0 aliphatic heterocycles. The van der Waals surface area contributed by atoms with Crippen molar-refractivity contribution < 1.29 is 17.6 Å². The fraction of sp³-hybridized carbons (Fsp3) is 0.654. The summed E-state index contributed by atoms with van der Waals surface area (Å²) in [4.78, 5) is 13.3. The van der Waals surface area contributed by atoms with Gasteiger partial charge in [-0.1, -0.05) is 53.4 Å². The van der Waals surface area contributed by atoms with Gasteiger partial charge in [-0.2, -0.15) is 4.31 Å². The van der Waals surface area contributed by atoms with Crippen LogP contribution in [0, 0.1) is 18.8 Å². The Balaban J connectivity index is 1.87. The van der Waals surface area contributed by atoms with E-state index in [0.717, 1.165) is 38.5 Å². The Morgan fingerprint density at radius 3 is 2.42 bits per heavy atom. The fourth-order valence-electron chi connectivity index (χ4n) is 4.77. The van der Waals surface area contributed by atoms with Gasteiger partial charge < -0.3 is 9.73 Å². The molecular formula is C26H40N2O4S. The molecule has 33 heavy (non-hydrogen) atoms. The Morgan fingerprint density at radius 2 is 1.79 bits per heavy atom. The number of rotatable bonds is 10. The maximum Gasteiger partial charge on any atom is 0.287 e. The molecule has 3 atom stereocenters. The molecule has 3 rings (SSSR count). The maximum atomic E-state index is 13.4. The van der Waals surface area contributed by atoms with E-state index in [1.54, 1.807) is 22.5 Å². The van der Waals surface area contributed by atoms with Gasteiger partial charge in [0.25, 0.3) is 5.91 Å². The molecule has 1 aliphatic rings. The van der Waals surface area contributed by atoms with Gasteiger partial charge in [0, 0.05) is 30.1 Å². The normalized spacial score (nSPS) is 21.6. The predicted molar refractivity (Wildman–Crippen MR) is 133 cm³/mol. The molecule has 1 saturated carbocycles. The lowest BCUT2D eigenvalue weighted by molar-refractivity contribution is 0.0864. The van der Waals surface area contributed by atoms with E-state index in [-0.39, 0.29) is 22.6 Å². The standard InChI is InChI=1S/C26H40N2O4S/c1-6-8-15-28(16-9-7-2)33(30,31)21-13-14-24-22(17-21)20(5)25(32-24)26(29)27-23-12-10-11-18(3)19(23)4/h13-14,17-19,23H,6-12,15-16H2,1-5H3,(H,27,29)/t18-,19-,23-/m1/s1. The van der Waals surface area contributed by atoms with Gasteiger partial charge in [0.2, 0.25) is 10.0 Å². The van der Waals surface area contributed by atoms with Gasteiger partial charge in [0.05, 0.1) is 4.90 Å². The predicted octanol–water partition coefficient (Wildman–Crippen LogP) is 5.89. The van der Waals surface area contributed by atoms with E-state index in [4.69, 9.17) is 4.42 Å². The second kappa shape index (κ2) is 11.0. The number of aryl methyl sites for hydroxylation is 1. The molecule has 0 radical (unpaired) electrons. The summed E-state index contributed by atoms with van der Waals surface area (Å²) < 4.78 is 34.3. The summed E-state index contributed by atoms with van der Waals surface area (Å²) in [6, 6.07) is 5.07. The van der Waals surface area contributed by atoms with Crippen molar-refractivity contribution in [1.29, 1.82) is 0 Å².